The van der Waals surface area contributed by atoms with Gasteiger partial charge in [-0.3, -0.25) is 4.79 Å². The maximum Gasteiger partial charge on any atom is 0.275 e. The molecule has 0 unspecified atom stereocenters. The zero-order chi connectivity index (χ0) is 14.0. The van der Waals surface area contributed by atoms with E-state index in [-0.39, 0.29) is 22.9 Å². The van der Waals surface area contributed by atoms with Gasteiger partial charge in [-0.2, -0.15) is 0 Å². The van der Waals surface area contributed by atoms with E-state index in [1.165, 1.54) is 16.7 Å². The number of anilines is 1. The molecule has 3 N–H and O–H groups in total. The second-order valence-electron chi connectivity index (χ2n) is 3.53. The van der Waals surface area contributed by atoms with Crippen molar-refractivity contribution in [1.29, 1.82) is 0 Å². The zero-order valence-electron chi connectivity index (χ0n) is 9.41. The van der Waals surface area contributed by atoms with Crippen molar-refractivity contribution in [3.63, 3.8) is 0 Å². The molecule has 1 heterocycles. The van der Waals surface area contributed by atoms with E-state index >= 15 is 0 Å². The summed E-state index contributed by atoms with van der Waals surface area (Å²) in [4.78, 5) is 15.7. The molecule has 8 heteroatoms. The van der Waals surface area contributed by atoms with Gasteiger partial charge in [-0.05, 0) is 6.07 Å². The number of aromatic nitrogens is 1. The van der Waals surface area contributed by atoms with Crippen LogP contribution in [0.1, 0.15) is 15.5 Å². The van der Waals surface area contributed by atoms with Crippen LogP contribution in [0.4, 0.5) is 14.5 Å². The number of hydrogen-bond acceptors (Lipinski definition) is 4. The van der Waals surface area contributed by atoms with Crippen molar-refractivity contribution in [3.8, 4) is 0 Å². The number of thiazole rings is 1. The molecule has 0 aliphatic carbocycles. The quantitative estimate of drug-likeness (QED) is 0.916. The smallest absolute Gasteiger partial charge is 0.275 e. The number of carbonyl (C=O) groups is 1. The Hall–Kier alpha value is -1.57. The van der Waals surface area contributed by atoms with Crippen LogP contribution >= 0.6 is 22.9 Å². The summed E-state index contributed by atoms with van der Waals surface area (Å²) in [6.07, 6.45) is 0. The molecule has 2 aromatic rings. The Kier molecular flexibility index (Phi) is 4.08. The van der Waals surface area contributed by atoms with Crippen molar-refractivity contribution in [3.05, 3.63) is 44.9 Å². The van der Waals surface area contributed by atoms with Crippen LogP contribution in [0, 0.1) is 11.6 Å². The third kappa shape index (κ3) is 3.06. The summed E-state index contributed by atoms with van der Waals surface area (Å²) in [6.45, 7) is 0.212. The molecule has 100 valence electrons. The first-order valence-electron chi connectivity index (χ1n) is 5.11. The molecule has 0 atom stereocenters. The lowest BCUT2D eigenvalue weighted by molar-refractivity contribution is 0.102. The van der Waals surface area contributed by atoms with E-state index in [9.17, 15) is 13.6 Å². The van der Waals surface area contributed by atoms with Gasteiger partial charge >= 0.3 is 0 Å². The predicted octanol–water partition coefficient (Wildman–Crippen LogP) is 2.79. The summed E-state index contributed by atoms with van der Waals surface area (Å²) in [7, 11) is 0. The highest BCUT2D eigenvalue weighted by Crippen LogP contribution is 2.26. The second kappa shape index (κ2) is 5.60. The van der Waals surface area contributed by atoms with Gasteiger partial charge in [-0.15, -0.1) is 11.3 Å². The molecule has 4 nitrogen and oxygen atoms in total. The summed E-state index contributed by atoms with van der Waals surface area (Å²) >= 11 is 6.88. The minimum atomic E-state index is -0.951. The van der Waals surface area contributed by atoms with E-state index < -0.39 is 17.5 Å². The summed E-state index contributed by atoms with van der Waals surface area (Å²) < 4.78 is 26.3. The Morgan fingerprint density at radius 2 is 2.21 bits per heavy atom. The first kappa shape index (κ1) is 13.9. The molecule has 0 spiro atoms. The fraction of sp³-hybridized carbons (Fsp3) is 0.0909. The SMILES string of the molecule is NCc1nc(C(=O)Nc2c(F)cc(F)cc2Cl)cs1. The first-order chi connectivity index (χ1) is 9.01. The van der Waals surface area contributed by atoms with Gasteiger partial charge in [0.25, 0.3) is 5.91 Å². The van der Waals surface area contributed by atoms with Crippen LogP contribution in [0.25, 0.3) is 0 Å². The molecule has 0 saturated carbocycles. The molecular formula is C11H8ClF2N3OS. The molecule has 0 fully saturated rings. The molecule has 1 amide bonds. The molecule has 1 aromatic carbocycles. The number of nitrogens with zero attached hydrogens (tertiary/aromatic N) is 1. The van der Waals surface area contributed by atoms with Crippen LogP contribution in [0.5, 0.6) is 0 Å². The van der Waals surface area contributed by atoms with Gasteiger partial charge in [0.2, 0.25) is 0 Å². The van der Waals surface area contributed by atoms with E-state index in [2.05, 4.69) is 10.3 Å². The molecular weight excluding hydrogens is 296 g/mol. The van der Waals surface area contributed by atoms with E-state index in [0.717, 1.165) is 6.07 Å². The number of nitrogens with two attached hydrogens (primary N) is 1. The van der Waals surface area contributed by atoms with Crippen LogP contribution in [-0.2, 0) is 6.54 Å². The molecule has 0 saturated heterocycles. The van der Waals surface area contributed by atoms with Gasteiger partial charge in [0.15, 0.2) is 5.82 Å². The molecule has 19 heavy (non-hydrogen) atoms. The van der Waals surface area contributed by atoms with Crippen molar-refractivity contribution in [2.45, 2.75) is 6.54 Å². The third-order valence-electron chi connectivity index (χ3n) is 2.20. The molecule has 0 bridgehead atoms. The number of rotatable bonds is 3. The molecule has 0 aliphatic rings. The highest BCUT2D eigenvalue weighted by molar-refractivity contribution is 7.09. The van der Waals surface area contributed by atoms with Crippen LogP contribution in [0.2, 0.25) is 5.02 Å². The predicted molar refractivity (Wildman–Crippen MR) is 69.3 cm³/mol. The van der Waals surface area contributed by atoms with Gasteiger partial charge in [0.05, 0.1) is 10.7 Å². The van der Waals surface area contributed by atoms with Crippen LogP contribution in [0.15, 0.2) is 17.5 Å². The van der Waals surface area contributed by atoms with Crippen molar-refractivity contribution in [2.75, 3.05) is 5.32 Å². The number of benzene rings is 1. The zero-order valence-corrected chi connectivity index (χ0v) is 11.0. The average molecular weight is 304 g/mol. The Bertz CT molecular complexity index is 609. The summed E-state index contributed by atoms with van der Waals surface area (Å²) in [5, 5.41) is 4.10. The van der Waals surface area contributed by atoms with Gasteiger partial charge in [0.1, 0.15) is 16.5 Å². The van der Waals surface area contributed by atoms with Crippen LogP contribution < -0.4 is 11.1 Å². The minimum Gasteiger partial charge on any atom is -0.325 e. The Labute approximate surface area is 116 Å². The van der Waals surface area contributed by atoms with Gasteiger partial charge in [0, 0.05) is 18.0 Å². The van der Waals surface area contributed by atoms with Crippen LogP contribution in [-0.4, -0.2) is 10.9 Å². The number of hydrogen-bond donors (Lipinski definition) is 2. The molecule has 2 rings (SSSR count). The number of carbonyl (C=O) groups excluding carboxylic acids is 1. The lowest BCUT2D eigenvalue weighted by Gasteiger charge is -2.07. The van der Waals surface area contributed by atoms with Gasteiger partial charge < -0.3 is 11.1 Å². The van der Waals surface area contributed by atoms with Crippen LogP contribution in [0.3, 0.4) is 0 Å². The largest absolute Gasteiger partial charge is 0.325 e. The highest BCUT2D eigenvalue weighted by atomic mass is 35.5. The normalized spacial score (nSPS) is 10.5. The first-order valence-corrected chi connectivity index (χ1v) is 6.37. The summed E-state index contributed by atoms with van der Waals surface area (Å²) in [6, 6.07) is 1.54. The van der Waals surface area contributed by atoms with Gasteiger partial charge in [-0.1, -0.05) is 11.6 Å². The Morgan fingerprint density at radius 1 is 1.47 bits per heavy atom. The molecule has 1 aromatic heterocycles. The van der Waals surface area contributed by atoms with Crippen molar-refractivity contribution >= 4 is 34.5 Å². The maximum atomic E-state index is 13.5. The Morgan fingerprint density at radius 3 is 2.79 bits per heavy atom. The highest BCUT2D eigenvalue weighted by Gasteiger charge is 2.16. The minimum absolute atomic E-state index is 0.102. The fourth-order valence-corrected chi connectivity index (χ4v) is 2.24. The lowest BCUT2D eigenvalue weighted by atomic mass is 10.3. The van der Waals surface area contributed by atoms with E-state index in [4.69, 9.17) is 17.3 Å². The maximum absolute atomic E-state index is 13.5. The van der Waals surface area contributed by atoms with Gasteiger partial charge in [-0.25, -0.2) is 13.8 Å². The molecule has 0 radical (unpaired) electrons. The standard InChI is InChI=1S/C11H8ClF2N3OS/c12-6-1-5(13)2-7(14)10(6)17-11(18)8-4-19-9(3-15)16-8/h1-2,4H,3,15H2,(H,17,18). The lowest BCUT2D eigenvalue weighted by Crippen LogP contribution is -2.14. The van der Waals surface area contributed by atoms with Crippen molar-refractivity contribution < 1.29 is 13.6 Å². The summed E-state index contributed by atoms with van der Waals surface area (Å²) in [5.74, 6) is -2.41. The second-order valence-corrected chi connectivity index (χ2v) is 4.88. The third-order valence-corrected chi connectivity index (χ3v) is 3.37. The number of nitrogens with one attached hydrogen (secondary N) is 1. The van der Waals surface area contributed by atoms with Crippen molar-refractivity contribution in [1.82, 2.24) is 4.98 Å². The van der Waals surface area contributed by atoms with E-state index in [1.54, 1.807) is 0 Å². The number of halogens is 3. The van der Waals surface area contributed by atoms with E-state index in [0.29, 0.717) is 11.1 Å². The fourth-order valence-electron chi connectivity index (χ4n) is 1.35. The summed E-state index contributed by atoms with van der Waals surface area (Å²) in [5.41, 5.74) is 5.19. The topological polar surface area (TPSA) is 68.0 Å². The Balaban J connectivity index is 2.24. The van der Waals surface area contributed by atoms with E-state index in [1.807, 2.05) is 0 Å². The molecule has 0 aliphatic heterocycles. The monoisotopic (exact) mass is 303 g/mol. The number of amides is 1. The average Bonchev–Trinajstić information content (AvgIpc) is 2.82. The van der Waals surface area contributed by atoms with Crippen molar-refractivity contribution in [2.24, 2.45) is 5.73 Å².